The molecule has 1 saturated heterocycles. The van der Waals surface area contributed by atoms with Crippen LogP contribution in [-0.2, 0) is 0 Å². The van der Waals surface area contributed by atoms with Crippen molar-refractivity contribution in [3.63, 3.8) is 0 Å². The molecule has 1 aliphatic carbocycles. The van der Waals surface area contributed by atoms with Crippen molar-refractivity contribution in [2.24, 2.45) is 4.99 Å². The highest BCUT2D eigenvalue weighted by Gasteiger charge is 2.26. The number of benzene rings is 3. The summed E-state index contributed by atoms with van der Waals surface area (Å²) in [7, 11) is 0. The van der Waals surface area contributed by atoms with Crippen molar-refractivity contribution in [2.75, 3.05) is 44.6 Å². The molecule has 2 aromatic rings. The number of rotatable bonds is 5. The Bertz CT molecular complexity index is 1460. The summed E-state index contributed by atoms with van der Waals surface area (Å²) in [5, 5.41) is 7.66. The van der Waals surface area contributed by atoms with Crippen LogP contribution in [0, 0.1) is 13.8 Å². The van der Waals surface area contributed by atoms with Gasteiger partial charge in [0.25, 0.3) is 5.91 Å². The predicted octanol–water partition coefficient (Wildman–Crippen LogP) is 4.19. The van der Waals surface area contributed by atoms with Crippen LogP contribution < -0.4 is 16.0 Å². The maximum atomic E-state index is 13.7. The normalized spacial score (nSPS) is 14.6. The van der Waals surface area contributed by atoms with Crippen molar-refractivity contribution in [3.8, 4) is 22.5 Å². The largest absolute Gasteiger partial charge is 0.456 e. The van der Waals surface area contributed by atoms with Gasteiger partial charge >= 0.3 is 0 Å². The van der Waals surface area contributed by atoms with Crippen LogP contribution in [-0.4, -0.2) is 50.1 Å². The molecule has 1 amide bonds. The number of hydrogen-bond donors (Lipinski definition) is 2. The predicted molar refractivity (Wildman–Crippen MR) is 146 cm³/mol. The van der Waals surface area contributed by atoms with Gasteiger partial charge in [0.15, 0.2) is 0 Å². The summed E-state index contributed by atoms with van der Waals surface area (Å²) in [6.45, 7) is 13.3. The van der Waals surface area contributed by atoms with E-state index in [4.69, 9.17) is 4.42 Å². The van der Waals surface area contributed by atoms with Gasteiger partial charge in [0, 0.05) is 53.0 Å². The molecule has 6 nitrogen and oxygen atoms in total. The van der Waals surface area contributed by atoms with Gasteiger partial charge in [0.05, 0.1) is 31.5 Å². The molecule has 2 heterocycles. The molecule has 2 aliphatic heterocycles. The minimum absolute atomic E-state index is 0.0936. The number of aryl methyl sites for hydroxylation is 2. The van der Waals surface area contributed by atoms with Crippen molar-refractivity contribution in [1.29, 1.82) is 0 Å². The van der Waals surface area contributed by atoms with Gasteiger partial charge in [0.1, 0.15) is 11.3 Å². The molecule has 6 heteroatoms. The third-order valence-electron chi connectivity index (χ3n) is 7.00. The van der Waals surface area contributed by atoms with Crippen LogP contribution in [0.4, 0.5) is 5.69 Å². The van der Waals surface area contributed by atoms with E-state index in [0.717, 1.165) is 93.9 Å². The van der Waals surface area contributed by atoms with Crippen LogP contribution in [0.5, 0.6) is 0 Å². The van der Waals surface area contributed by atoms with Crippen molar-refractivity contribution in [3.05, 3.63) is 70.6 Å². The summed E-state index contributed by atoms with van der Waals surface area (Å²) in [5.74, 6) is 0.868. The van der Waals surface area contributed by atoms with Gasteiger partial charge in [-0.05, 0) is 62.6 Å². The van der Waals surface area contributed by atoms with E-state index in [9.17, 15) is 4.79 Å². The van der Waals surface area contributed by atoms with Crippen molar-refractivity contribution < 1.29 is 14.5 Å². The Morgan fingerprint density at radius 1 is 1.03 bits per heavy atom. The molecular weight excluding hydrogens is 448 g/mol. The second kappa shape index (κ2) is 10.2. The molecular formula is C30H35N4O2+. The molecule has 36 heavy (non-hydrogen) atoms. The van der Waals surface area contributed by atoms with Crippen LogP contribution in [0.3, 0.4) is 0 Å². The van der Waals surface area contributed by atoms with Crippen molar-refractivity contribution in [2.45, 2.75) is 27.7 Å². The van der Waals surface area contributed by atoms with E-state index in [2.05, 4.69) is 60.7 Å². The second-order valence-electron chi connectivity index (χ2n) is 9.48. The molecule has 0 saturated carbocycles. The Balaban J connectivity index is 1.83. The summed E-state index contributed by atoms with van der Waals surface area (Å²) in [4.78, 5) is 20.4. The molecule has 5 rings (SSSR count). The number of anilines is 1. The first-order chi connectivity index (χ1) is 17.5. The third-order valence-corrected chi connectivity index (χ3v) is 7.00. The fourth-order valence-electron chi connectivity index (χ4n) is 5.21. The summed E-state index contributed by atoms with van der Waals surface area (Å²) < 4.78 is 6.51. The summed E-state index contributed by atoms with van der Waals surface area (Å²) in [5.41, 5.74) is 7.80. The Morgan fingerprint density at radius 3 is 2.56 bits per heavy atom. The maximum Gasteiger partial charge on any atom is 0.254 e. The average molecular weight is 484 g/mol. The smallest absolute Gasteiger partial charge is 0.254 e. The number of piperazine rings is 1. The molecule has 3 N–H and O–H groups in total. The van der Waals surface area contributed by atoms with Gasteiger partial charge in [-0.2, -0.15) is 0 Å². The Kier molecular flexibility index (Phi) is 6.79. The summed E-state index contributed by atoms with van der Waals surface area (Å²) in [6, 6.07) is 16.5. The van der Waals surface area contributed by atoms with Crippen LogP contribution >= 0.6 is 0 Å². The number of quaternary nitrogens is 1. The molecule has 0 bridgehead atoms. The number of nitrogens with zero attached hydrogens (tertiary/aromatic N) is 2. The number of fused-ring (bicyclic) bond motifs is 2. The third kappa shape index (κ3) is 4.37. The minimum Gasteiger partial charge on any atom is -0.456 e. The monoisotopic (exact) mass is 483 g/mol. The van der Waals surface area contributed by atoms with Crippen LogP contribution in [0.15, 0.2) is 57.9 Å². The quantitative estimate of drug-likeness (QED) is 0.418. The molecule has 0 unspecified atom stereocenters. The van der Waals surface area contributed by atoms with E-state index in [1.807, 2.05) is 36.1 Å². The number of nitrogens with two attached hydrogens (primary N) is 1. The van der Waals surface area contributed by atoms with Crippen LogP contribution in [0.1, 0.15) is 35.3 Å². The van der Waals surface area contributed by atoms with Gasteiger partial charge in [-0.15, -0.1) is 0 Å². The lowest BCUT2D eigenvalue weighted by Crippen LogP contribution is -2.89. The maximum absolute atomic E-state index is 13.7. The van der Waals surface area contributed by atoms with Gasteiger partial charge in [0.2, 0.25) is 0 Å². The van der Waals surface area contributed by atoms with E-state index >= 15 is 0 Å². The highest BCUT2D eigenvalue weighted by Crippen LogP contribution is 2.43. The zero-order valence-electron chi connectivity index (χ0n) is 21.6. The summed E-state index contributed by atoms with van der Waals surface area (Å²) >= 11 is 0. The first-order valence-corrected chi connectivity index (χ1v) is 13.0. The Hall–Kier alpha value is -3.64. The van der Waals surface area contributed by atoms with E-state index in [1.54, 1.807) is 0 Å². The molecule has 0 aromatic heterocycles. The first-order valence-electron chi connectivity index (χ1n) is 13.0. The molecule has 1 fully saturated rings. The van der Waals surface area contributed by atoms with Gasteiger partial charge in [-0.3, -0.25) is 9.79 Å². The molecule has 2 aromatic carbocycles. The zero-order chi connectivity index (χ0) is 25.2. The number of carbonyl (C=O) groups is 1. The van der Waals surface area contributed by atoms with Crippen molar-refractivity contribution >= 4 is 22.6 Å². The lowest BCUT2D eigenvalue weighted by atomic mass is 9.89. The van der Waals surface area contributed by atoms with E-state index < -0.39 is 0 Å². The topological polar surface area (TPSA) is 74.5 Å². The molecule has 186 valence electrons. The Labute approximate surface area is 212 Å². The van der Waals surface area contributed by atoms with Crippen LogP contribution in [0.25, 0.3) is 33.4 Å². The van der Waals surface area contributed by atoms with E-state index in [-0.39, 0.29) is 5.91 Å². The van der Waals surface area contributed by atoms with Gasteiger partial charge in [-0.25, -0.2) is 0 Å². The fourth-order valence-corrected chi connectivity index (χ4v) is 5.21. The lowest BCUT2D eigenvalue weighted by Gasteiger charge is -2.27. The molecule has 3 aliphatic rings. The molecule has 0 atom stereocenters. The number of nitrogens with one attached hydrogen (secondary N) is 1. The fraction of sp³-hybridized carbons (Fsp3) is 0.333. The van der Waals surface area contributed by atoms with E-state index in [0.29, 0.717) is 6.54 Å². The zero-order valence-corrected chi connectivity index (χ0v) is 21.6. The SMILES string of the molecule is CCN=c1cc2oc3cc(NCC)c(C)cc3c(-c3ccccc3C(=O)N3CC[NH2+]CC3)c-2cc1C. The number of amides is 1. The Morgan fingerprint density at radius 2 is 1.81 bits per heavy atom. The molecule has 0 spiro atoms. The van der Waals surface area contributed by atoms with Gasteiger partial charge < -0.3 is 20.0 Å². The van der Waals surface area contributed by atoms with E-state index in [1.165, 1.54) is 0 Å². The van der Waals surface area contributed by atoms with Crippen molar-refractivity contribution in [1.82, 2.24) is 4.90 Å². The first kappa shape index (κ1) is 24.1. The number of carbonyl (C=O) groups excluding carboxylic acids is 1. The average Bonchev–Trinajstić information content (AvgIpc) is 2.89. The second-order valence-corrected chi connectivity index (χ2v) is 9.48. The number of hydrogen-bond acceptors (Lipinski definition) is 4. The summed E-state index contributed by atoms with van der Waals surface area (Å²) in [6.07, 6.45) is 0. The highest BCUT2D eigenvalue weighted by atomic mass is 16.3. The highest BCUT2D eigenvalue weighted by molar-refractivity contribution is 6.09. The lowest BCUT2D eigenvalue weighted by molar-refractivity contribution is -0.661. The standard InChI is InChI=1S/C30H34N4O2/c1-5-32-25-17-27-23(15-19(25)3)29(24-16-20(4)26(33-6-2)18-28(24)36-27)21-9-7-8-10-22(21)30(35)34-13-11-31-12-14-34/h7-10,15-18,31-32H,5-6,11-14H2,1-4H3/p+1. The molecule has 0 radical (unpaired) electrons. The van der Waals surface area contributed by atoms with Crippen LogP contribution in [0.2, 0.25) is 0 Å². The minimum atomic E-state index is 0.0936. The van der Waals surface area contributed by atoms with Gasteiger partial charge in [-0.1, -0.05) is 18.2 Å².